The van der Waals surface area contributed by atoms with Crippen LogP contribution >= 0.6 is 11.8 Å². The van der Waals surface area contributed by atoms with E-state index in [1.54, 1.807) is 6.07 Å². The highest BCUT2D eigenvalue weighted by Crippen LogP contribution is 2.23. The molecule has 1 heterocycles. The lowest BCUT2D eigenvalue weighted by molar-refractivity contribution is -0.645. The fourth-order valence-corrected chi connectivity index (χ4v) is 1.93. The van der Waals surface area contributed by atoms with Gasteiger partial charge < -0.3 is 5.21 Å². The molecule has 0 saturated heterocycles. The Kier molecular flexibility index (Phi) is 2.70. The molecule has 2 rings (SSSR count). The van der Waals surface area contributed by atoms with Crippen LogP contribution in [-0.4, -0.2) is 0 Å². The summed E-state index contributed by atoms with van der Waals surface area (Å²) in [6.07, 6.45) is 1.51. The average Bonchev–Trinajstić information content (AvgIpc) is 2.23. The van der Waals surface area contributed by atoms with E-state index in [9.17, 15) is 5.21 Å². The lowest BCUT2D eigenvalue weighted by atomic mass is 10.4. The van der Waals surface area contributed by atoms with Gasteiger partial charge in [0.25, 0.3) is 5.03 Å². The lowest BCUT2D eigenvalue weighted by Crippen LogP contribution is -2.27. The van der Waals surface area contributed by atoms with Gasteiger partial charge in [0, 0.05) is 17.0 Å². The molecule has 14 heavy (non-hydrogen) atoms. The van der Waals surface area contributed by atoms with Crippen molar-refractivity contribution in [1.82, 2.24) is 0 Å². The van der Waals surface area contributed by atoms with Crippen molar-refractivity contribution in [1.29, 1.82) is 0 Å². The average molecular weight is 203 g/mol. The van der Waals surface area contributed by atoms with Gasteiger partial charge in [-0.05, 0) is 30.0 Å². The Morgan fingerprint density at radius 1 is 0.929 bits per heavy atom. The second kappa shape index (κ2) is 4.15. The Morgan fingerprint density at radius 2 is 1.64 bits per heavy atom. The van der Waals surface area contributed by atoms with Crippen molar-refractivity contribution in [2.24, 2.45) is 0 Å². The first-order valence-electron chi connectivity index (χ1n) is 4.27. The molecule has 0 saturated carbocycles. The summed E-state index contributed by atoms with van der Waals surface area (Å²) in [5.41, 5.74) is 0. The van der Waals surface area contributed by atoms with Crippen LogP contribution < -0.4 is 4.73 Å². The van der Waals surface area contributed by atoms with Gasteiger partial charge in [-0.2, -0.15) is 4.73 Å². The summed E-state index contributed by atoms with van der Waals surface area (Å²) in [6.45, 7) is 0. The molecule has 0 fully saturated rings. The molecule has 70 valence electrons. The maximum atomic E-state index is 11.3. The third-order valence-electron chi connectivity index (χ3n) is 1.75. The highest BCUT2D eigenvalue weighted by atomic mass is 32.2. The summed E-state index contributed by atoms with van der Waals surface area (Å²) in [5.74, 6) is 0. The first-order chi connectivity index (χ1) is 6.86. The number of rotatable bonds is 2. The monoisotopic (exact) mass is 203 g/mol. The molecule has 0 N–H and O–H groups in total. The van der Waals surface area contributed by atoms with Crippen molar-refractivity contribution in [3.63, 3.8) is 0 Å². The van der Waals surface area contributed by atoms with E-state index < -0.39 is 0 Å². The number of pyridine rings is 1. The molecule has 0 aliphatic rings. The van der Waals surface area contributed by atoms with Gasteiger partial charge >= 0.3 is 0 Å². The van der Waals surface area contributed by atoms with E-state index in [1.807, 2.05) is 42.5 Å². The molecule has 0 spiro atoms. The van der Waals surface area contributed by atoms with E-state index in [4.69, 9.17) is 0 Å². The van der Waals surface area contributed by atoms with Crippen LogP contribution in [0.2, 0.25) is 0 Å². The summed E-state index contributed by atoms with van der Waals surface area (Å²) in [4.78, 5) is 1.07. The van der Waals surface area contributed by atoms with Crippen molar-refractivity contribution in [2.45, 2.75) is 9.92 Å². The Labute approximate surface area is 86.8 Å². The molecule has 0 atom stereocenters. The normalized spacial score (nSPS) is 10.0. The Balaban J connectivity index is 2.24. The number of hydrogen-bond acceptors (Lipinski definition) is 2. The standard InChI is InChI=1S/C11H9NOS/c13-12-9-5-4-8-11(12)14-10-6-2-1-3-7-10/h1-9H. The maximum absolute atomic E-state index is 11.3. The third kappa shape index (κ3) is 2.06. The van der Waals surface area contributed by atoms with Crippen LogP contribution in [0.1, 0.15) is 0 Å². The van der Waals surface area contributed by atoms with Crippen molar-refractivity contribution in [2.75, 3.05) is 0 Å². The van der Waals surface area contributed by atoms with Crippen LogP contribution in [0.5, 0.6) is 0 Å². The highest BCUT2D eigenvalue weighted by molar-refractivity contribution is 7.99. The molecular weight excluding hydrogens is 194 g/mol. The summed E-state index contributed by atoms with van der Waals surface area (Å²) >= 11 is 1.46. The smallest absolute Gasteiger partial charge is 0.256 e. The minimum absolute atomic E-state index is 0.693. The summed E-state index contributed by atoms with van der Waals surface area (Å²) in [6, 6.07) is 15.2. The molecule has 2 aromatic rings. The van der Waals surface area contributed by atoms with Crippen LogP contribution in [0.15, 0.2) is 64.6 Å². The Bertz CT molecular complexity index is 417. The Morgan fingerprint density at radius 3 is 2.36 bits per heavy atom. The van der Waals surface area contributed by atoms with E-state index >= 15 is 0 Å². The first-order valence-corrected chi connectivity index (χ1v) is 5.09. The highest BCUT2D eigenvalue weighted by Gasteiger charge is 2.04. The second-order valence-corrected chi connectivity index (χ2v) is 3.87. The van der Waals surface area contributed by atoms with Gasteiger partial charge in [0.05, 0.1) is 0 Å². The summed E-state index contributed by atoms with van der Waals surface area (Å²) in [5, 5.41) is 12.0. The van der Waals surface area contributed by atoms with Gasteiger partial charge in [-0.25, -0.2) is 0 Å². The van der Waals surface area contributed by atoms with Crippen LogP contribution in [0.4, 0.5) is 0 Å². The maximum Gasteiger partial charge on any atom is 0.256 e. The first kappa shape index (κ1) is 9.09. The molecule has 3 heteroatoms. The lowest BCUT2D eigenvalue weighted by Gasteiger charge is -2.02. The van der Waals surface area contributed by atoms with Gasteiger partial charge in [0.15, 0.2) is 6.20 Å². The molecule has 2 nitrogen and oxygen atoms in total. The minimum Gasteiger partial charge on any atom is -0.618 e. The molecule has 1 aromatic carbocycles. The zero-order chi connectivity index (χ0) is 9.80. The van der Waals surface area contributed by atoms with Gasteiger partial charge in [-0.3, -0.25) is 0 Å². The SMILES string of the molecule is [O-][n+]1ccccc1Sc1ccccc1. The fourth-order valence-electron chi connectivity index (χ4n) is 1.10. The molecule has 1 aromatic heterocycles. The number of aromatic nitrogens is 1. The van der Waals surface area contributed by atoms with Crippen molar-refractivity contribution < 1.29 is 4.73 Å². The molecule has 0 aliphatic heterocycles. The van der Waals surface area contributed by atoms with Gasteiger partial charge in [0.2, 0.25) is 0 Å². The minimum atomic E-state index is 0.693. The molecule has 0 amide bonds. The molecular formula is C11H9NOS. The predicted octanol–water partition coefficient (Wildman–Crippen LogP) is 2.47. The number of hydrogen-bond donors (Lipinski definition) is 0. The van der Waals surface area contributed by atoms with Crippen LogP contribution in [0.3, 0.4) is 0 Å². The molecule has 0 unspecified atom stereocenters. The number of benzene rings is 1. The largest absolute Gasteiger partial charge is 0.618 e. The Hall–Kier alpha value is -1.48. The number of nitrogens with zero attached hydrogens (tertiary/aromatic N) is 1. The van der Waals surface area contributed by atoms with E-state index in [0.29, 0.717) is 5.03 Å². The predicted molar refractivity (Wildman–Crippen MR) is 56.0 cm³/mol. The fraction of sp³-hybridized carbons (Fsp3) is 0. The van der Waals surface area contributed by atoms with E-state index in [1.165, 1.54) is 18.0 Å². The van der Waals surface area contributed by atoms with E-state index in [0.717, 1.165) is 9.63 Å². The zero-order valence-corrected chi connectivity index (χ0v) is 8.28. The topological polar surface area (TPSA) is 26.9 Å². The van der Waals surface area contributed by atoms with Crippen molar-refractivity contribution in [3.05, 3.63) is 59.9 Å². The molecule has 0 bridgehead atoms. The zero-order valence-electron chi connectivity index (χ0n) is 7.46. The van der Waals surface area contributed by atoms with Crippen molar-refractivity contribution in [3.8, 4) is 0 Å². The van der Waals surface area contributed by atoms with E-state index in [2.05, 4.69) is 0 Å². The van der Waals surface area contributed by atoms with Crippen molar-refractivity contribution >= 4 is 11.8 Å². The van der Waals surface area contributed by atoms with Gasteiger partial charge in [-0.15, -0.1) is 0 Å². The third-order valence-corrected chi connectivity index (χ3v) is 2.79. The summed E-state index contributed by atoms with van der Waals surface area (Å²) in [7, 11) is 0. The second-order valence-electron chi connectivity index (χ2n) is 2.78. The van der Waals surface area contributed by atoms with Gasteiger partial charge in [-0.1, -0.05) is 18.2 Å². The van der Waals surface area contributed by atoms with Gasteiger partial charge in [0.1, 0.15) is 0 Å². The quantitative estimate of drug-likeness (QED) is 0.553. The van der Waals surface area contributed by atoms with Crippen LogP contribution in [0.25, 0.3) is 0 Å². The van der Waals surface area contributed by atoms with Crippen LogP contribution in [-0.2, 0) is 0 Å². The van der Waals surface area contributed by atoms with Crippen LogP contribution in [0, 0.1) is 5.21 Å². The van der Waals surface area contributed by atoms with E-state index in [-0.39, 0.29) is 0 Å². The molecule has 0 aliphatic carbocycles. The summed E-state index contributed by atoms with van der Waals surface area (Å²) < 4.78 is 0.873. The molecule has 0 radical (unpaired) electrons.